The maximum Gasteiger partial charge on any atom is 0.215 e. The van der Waals surface area contributed by atoms with Crippen LogP contribution in [0.5, 0.6) is 0 Å². The first-order valence-electron chi connectivity index (χ1n) is 6.03. The highest BCUT2D eigenvalue weighted by molar-refractivity contribution is 5.98. The van der Waals surface area contributed by atoms with Crippen molar-refractivity contribution in [1.29, 1.82) is 5.41 Å². The van der Waals surface area contributed by atoms with E-state index in [9.17, 15) is 0 Å². The number of hydrogen-bond donors (Lipinski definition) is 3. The molecule has 0 aliphatic carbocycles. The quantitative estimate of drug-likeness (QED) is 0.447. The first-order valence-corrected chi connectivity index (χ1v) is 6.03. The van der Waals surface area contributed by atoms with Crippen LogP contribution in [-0.4, -0.2) is 12.9 Å². The average molecular weight is 255 g/mol. The van der Waals surface area contributed by atoms with Gasteiger partial charge in [-0.25, -0.2) is 0 Å². The SMILES string of the molecule is CNc1ccc(N)cc1C(=N)OCc1ccccc1. The summed E-state index contributed by atoms with van der Waals surface area (Å²) in [5, 5.41) is 11.0. The lowest BCUT2D eigenvalue weighted by Crippen LogP contribution is -2.09. The van der Waals surface area contributed by atoms with E-state index < -0.39 is 0 Å². The third-order valence-electron chi connectivity index (χ3n) is 2.78. The lowest BCUT2D eigenvalue weighted by atomic mass is 10.1. The van der Waals surface area contributed by atoms with E-state index in [2.05, 4.69) is 5.32 Å². The first-order chi connectivity index (χ1) is 9.20. The molecule has 0 fully saturated rings. The molecule has 0 bridgehead atoms. The van der Waals surface area contributed by atoms with Gasteiger partial charge in [-0.1, -0.05) is 30.3 Å². The Bertz CT molecular complexity index is 567. The topological polar surface area (TPSA) is 71.1 Å². The number of anilines is 2. The van der Waals surface area contributed by atoms with Gasteiger partial charge in [-0.2, -0.15) is 0 Å². The molecule has 4 heteroatoms. The summed E-state index contributed by atoms with van der Waals surface area (Å²) in [5.74, 6) is 0.112. The number of hydrogen-bond acceptors (Lipinski definition) is 4. The normalized spacial score (nSPS) is 9.95. The molecule has 0 saturated heterocycles. The molecule has 4 N–H and O–H groups in total. The summed E-state index contributed by atoms with van der Waals surface area (Å²) in [6.07, 6.45) is 0. The Kier molecular flexibility index (Phi) is 4.03. The van der Waals surface area contributed by atoms with Crippen LogP contribution in [0.4, 0.5) is 11.4 Å². The predicted octanol–water partition coefficient (Wildman–Crippen LogP) is 2.85. The summed E-state index contributed by atoms with van der Waals surface area (Å²) < 4.78 is 5.50. The molecule has 0 aliphatic heterocycles. The maximum absolute atomic E-state index is 8.00. The van der Waals surface area contributed by atoms with E-state index >= 15 is 0 Å². The Morgan fingerprint density at radius 2 is 1.95 bits per heavy atom. The summed E-state index contributed by atoms with van der Waals surface area (Å²) in [6.45, 7) is 0.373. The fraction of sp³-hybridized carbons (Fsp3) is 0.133. The number of nitrogens with one attached hydrogen (secondary N) is 2. The zero-order valence-electron chi connectivity index (χ0n) is 10.8. The second kappa shape index (κ2) is 5.91. The monoisotopic (exact) mass is 255 g/mol. The van der Waals surface area contributed by atoms with Crippen molar-refractivity contribution in [3.63, 3.8) is 0 Å². The Balaban J connectivity index is 2.10. The van der Waals surface area contributed by atoms with Crippen molar-refractivity contribution in [3.05, 3.63) is 59.7 Å². The van der Waals surface area contributed by atoms with Crippen LogP contribution in [0.2, 0.25) is 0 Å². The minimum Gasteiger partial charge on any atom is -0.473 e. The van der Waals surface area contributed by atoms with Crippen molar-refractivity contribution in [2.45, 2.75) is 6.61 Å². The molecule has 0 heterocycles. The van der Waals surface area contributed by atoms with Gasteiger partial charge in [-0.05, 0) is 23.8 Å². The van der Waals surface area contributed by atoms with Crippen LogP contribution in [0.25, 0.3) is 0 Å². The minimum absolute atomic E-state index is 0.112. The first kappa shape index (κ1) is 13.0. The standard InChI is InChI=1S/C15H17N3O/c1-18-14-8-7-12(16)9-13(14)15(17)19-10-11-5-3-2-4-6-11/h2-9,17-18H,10,16H2,1H3. The van der Waals surface area contributed by atoms with Gasteiger partial charge in [0.05, 0.1) is 5.56 Å². The van der Waals surface area contributed by atoms with Crippen LogP contribution in [0.1, 0.15) is 11.1 Å². The Morgan fingerprint density at radius 1 is 1.21 bits per heavy atom. The molecular weight excluding hydrogens is 238 g/mol. The van der Waals surface area contributed by atoms with Crippen LogP contribution in [0.15, 0.2) is 48.5 Å². The third-order valence-corrected chi connectivity index (χ3v) is 2.78. The Morgan fingerprint density at radius 3 is 2.63 bits per heavy atom. The molecule has 0 aliphatic rings. The molecular formula is C15H17N3O. The van der Waals surface area contributed by atoms with Crippen molar-refractivity contribution in [3.8, 4) is 0 Å². The van der Waals surface area contributed by atoms with Crippen LogP contribution in [0.3, 0.4) is 0 Å². The molecule has 19 heavy (non-hydrogen) atoms. The van der Waals surface area contributed by atoms with Gasteiger partial charge in [0.15, 0.2) is 0 Å². The Hall–Kier alpha value is -2.49. The highest BCUT2D eigenvalue weighted by Crippen LogP contribution is 2.19. The number of ether oxygens (including phenoxy) is 1. The van der Waals surface area contributed by atoms with Crippen molar-refractivity contribution in [1.82, 2.24) is 0 Å². The van der Waals surface area contributed by atoms with Crippen molar-refractivity contribution < 1.29 is 4.74 Å². The summed E-state index contributed by atoms with van der Waals surface area (Å²) in [5.41, 5.74) is 8.88. The van der Waals surface area contributed by atoms with Gasteiger partial charge < -0.3 is 15.8 Å². The summed E-state index contributed by atoms with van der Waals surface area (Å²) in [6, 6.07) is 15.1. The van der Waals surface area contributed by atoms with E-state index in [4.69, 9.17) is 15.9 Å². The number of benzene rings is 2. The van der Waals surface area contributed by atoms with Crippen LogP contribution >= 0.6 is 0 Å². The number of rotatable bonds is 4. The molecule has 2 aromatic rings. The van der Waals surface area contributed by atoms with Gasteiger partial charge >= 0.3 is 0 Å². The fourth-order valence-corrected chi connectivity index (χ4v) is 1.78. The van der Waals surface area contributed by atoms with Crippen LogP contribution in [-0.2, 0) is 11.3 Å². The van der Waals surface area contributed by atoms with Gasteiger partial charge in [-0.3, -0.25) is 5.41 Å². The van der Waals surface area contributed by atoms with Crippen LogP contribution in [0, 0.1) is 5.41 Å². The predicted molar refractivity (Wildman–Crippen MR) is 78.5 cm³/mol. The summed E-state index contributed by atoms with van der Waals surface area (Å²) >= 11 is 0. The maximum atomic E-state index is 8.00. The van der Waals surface area contributed by atoms with E-state index in [1.807, 2.05) is 36.4 Å². The highest BCUT2D eigenvalue weighted by atomic mass is 16.5. The third kappa shape index (κ3) is 3.25. The molecule has 0 atom stereocenters. The largest absolute Gasteiger partial charge is 0.473 e. The lowest BCUT2D eigenvalue weighted by molar-refractivity contribution is 0.291. The molecule has 4 nitrogen and oxygen atoms in total. The molecule has 0 saturated carbocycles. The summed E-state index contributed by atoms with van der Waals surface area (Å²) in [7, 11) is 1.81. The van der Waals surface area contributed by atoms with Gasteiger partial charge in [0, 0.05) is 18.4 Å². The Labute approximate surface area is 112 Å². The van der Waals surface area contributed by atoms with Gasteiger partial charge in [0.1, 0.15) is 6.61 Å². The van der Waals surface area contributed by atoms with Crippen molar-refractivity contribution in [2.24, 2.45) is 0 Å². The van der Waals surface area contributed by atoms with E-state index in [1.165, 1.54) is 0 Å². The molecule has 0 radical (unpaired) electrons. The number of nitrogen functional groups attached to an aromatic ring is 1. The van der Waals surface area contributed by atoms with Gasteiger partial charge in [0.2, 0.25) is 5.90 Å². The zero-order valence-corrected chi connectivity index (χ0v) is 10.8. The van der Waals surface area contributed by atoms with E-state index in [-0.39, 0.29) is 5.90 Å². The number of nitrogens with two attached hydrogens (primary N) is 1. The van der Waals surface area contributed by atoms with Crippen LogP contribution < -0.4 is 11.1 Å². The second-order valence-corrected chi connectivity index (χ2v) is 4.16. The molecule has 0 unspecified atom stereocenters. The van der Waals surface area contributed by atoms with E-state index in [1.54, 1.807) is 19.2 Å². The molecule has 2 aromatic carbocycles. The average Bonchev–Trinajstić information content (AvgIpc) is 2.46. The lowest BCUT2D eigenvalue weighted by Gasteiger charge is -2.12. The van der Waals surface area contributed by atoms with E-state index in [0.717, 1.165) is 11.3 Å². The summed E-state index contributed by atoms with van der Waals surface area (Å²) in [4.78, 5) is 0. The molecule has 0 spiro atoms. The molecule has 0 amide bonds. The molecule has 98 valence electrons. The molecule has 0 aromatic heterocycles. The zero-order chi connectivity index (χ0) is 13.7. The molecule has 2 rings (SSSR count). The van der Waals surface area contributed by atoms with Gasteiger partial charge in [0.25, 0.3) is 0 Å². The van der Waals surface area contributed by atoms with E-state index in [0.29, 0.717) is 17.9 Å². The van der Waals surface area contributed by atoms with Crippen molar-refractivity contribution in [2.75, 3.05) is 18.1 Å². The second-order valence-electron chi connectivity index (χ2n) is 4.16. The highest BCUT2D eigenvalue weighted by Gasteiger charge is 2.09. The fourth-order valence-electron chi connectivity index (χ4n) is 1.78. The smallest absolute Gasteiger partial charge is 0.215 e. The van der Waals surface area contributed by atoms with Gasteiger partial charge in [-0.15, -0.1) is 0 Å². The van der Waals surface area contributed by atoms with Crippen molar-refractivity contribution >= 4 is 17.3 Å². The minimum atomic E-state index is 0.112.